The molecular formula is C21H32N6O3S. The maximum absolute atomic E-state index is 12.5. The molecule has 3 rings (SSSR count). The smallest absolute Gasteiger partial charge is 0.240 e. The average molecular weight is 449 g/mol. The summed E-state index contributed by atoms with van der Waals surface area (Å²) in [6.07, 6.45) is 1.84. The van der Waals surface area contributed by atoms with E-state index in [1.54, 1.807) is 31.3 Å². The predicted molar refractivity (Wildman–Crippen MR) is 120 cm³/mol. The van der Waals surface area contributed by atoms with E-state index < -0.39 is 10.0 Å². The molecule has 2 heterocycles. The molecule has 1 aliphatic rings. The Balaban J connectivity index is 1.51. The molecule has 2 aromatic rings. The molecule has 1 unspecified atom stereocenters. The highest BCUT2D eigenvalue weighted by atomic mass is 32.2. The Labute approximate surface area is 184 Å². The quantitative estimate of drug-likeness (QED) is 0.416. The van der Waals surface area contributed by atoms with E-state index in [1.165, 1.54) is 0 Å². The number of nitrogens with zero attached hydrogens (tertiary/aromatic N) is 3. The van der Waals surface area contributed by atoms with Gasteiger partial charge in [0.05, 0.1) is 16.7 Å². The molecule has 1 atom stereocenters. The van der Waals surface area contributed by atoms with Gasteiger partial charge in [0.2, 0.25) is 10.0 Å². The minimum atomic E-state index is -3.54. The van der Waals surface area contributed by atoms with Crippen LogP contribution in [0.25, 0.3) is 0 Å². The molecular weight excluding hydrogens is 416 g/mol. The van der Waals surface area contributed by atoms with Gasteiger partial charge < -0.3 is 15.4 Å². The SMILES string of the molecule is CN=C(NCc1ccc(S(=O)(=O)NCC2CCCO2)cc1)NCc1c(C)nn(C)c1C. The summed E-state index contributed by atoms with van der Waals surface area (Å²) in [5, 5.41) is 11.0. The highest BCUT2D eigenvalue weighted by Crippen LogP contribution is 2.14. The fourth-order valence-electron chi connectivity index (χ4n) is 3.53. The number of guanidine groups is 1. The fraction of sp³-hybridized carbons (Fsp3) is 0.524. The van der Waals surface area contributed by atoms with E-state index in [1.807, 2.05) is 25.6 Å². The highest BCUT2D eigenvalue weighted by Gasteiger charge is 2.20. The van der Waals surface area contributed by atoms with Crippen LogP contribution in [0.4, 0.5) is 0 Å². The monoisotopic (exact) mass is 448 g/mol. The van der Waals surface area contributed by atoms with Crippen LogP contribution in [-0.4, -0.2) is 50.5 Å². The maximum Gasteiger partial charge on any atom is 0.240 e. The lowest BCUT2D eigenvalue weighted by atomic mass is 10.2. The van der Waals surface area contributed by atoms with Crippen molar-refractivity contribution < 1.29 is 13.2 Å². The van der Waals surface area contributed by atoms with Crippen molar-refractivity contribution >= 4 is 16.0 Å². The average Bonchev–Trinajstić information content (AvgIpc) is 3.36. The number of aliphatic imine (C=N–C) groups is 1. The van der Waals surface area contributed by atoms with Gasteiger partial charge in [0.15, 0.2) is 5.96 Å². The van der Waals surface area contributed by atoms with Gasteiger partial charge in [0.1, 0.15) is 0 Å². The van der Waals surface area contributed by atoms with Crippen LogP contribution in [0.15, 0.2) is 34.2 Å². The van der Waals surface area contributed by atoms with Crippen LogP contribution in [-0.2, 0) is 34.9 Å². The van der Waals surface area contributed by atoms with Gasteiger partial charge in [-0.25, -0.2) is 13.1 Å². The molecule has 0 spiro atoms. The zero-order valence-corrected chi connectivity index (χ0v) is 19.4. The van der Waals surface area contributed by atoms with Crippen molar-refractivity contribution in [1.82, 2.24) is 25.1 Å². The van der Waals surface area contributed by atoms with Crippen molar-refractivity contribution in [2.24, 2.45) is 12.0 Å². The summed E-state index contributed by atoms with van der Waals surface area (Å²) in [4.78, 5) is 4.50. The van der Waals surface area contributed by atoms with E-state index in [4.69, 9.17) is 4.74 Å². The molecule has 1 aliphatic heterocycles. The zero-order valence-electron chi connectivity index (χ0n) is 18.6. The van der Waals surface area contributed by atoms with Crippen molar-refractivity contribution in [2.75, 3.05) is 20.2 Å². The lowest BCUT2D eigenvalue weighted by molar-refractivity contribution is 0.114. The van der Waals surface area contributed by atoms with Gasteiger partial charge in [-0.15, -0.1) is 0 Å². The Morgan fingerprint density at radius 1 is 1.23 bits per heavy atom. The minimum Gasteiger partial charge on any atom is -0.377 e. The van der Waals surface area contributed by atoms with E-state index in [0.717, 1.165) is 35.4 Å². The first-order valence-corrected chi connectivity index (χ1v) is 11.9. The van der Waals surface area contributed by atoms with Crippen LogP contribution in [0, 0.1) is 13.8 Å². The van der Waals surface area contributed by atoms with Crippen LogP contribution in [0.3, 0.4) is 0 Å². The fourth-order valence-corrected chi connectivity index (χ4v) is 4.60. The molecule has 0 bridgehead atoms. The molecule has 1 aromatic heterocycles. The second-order valence-electron chi connectivity index (χ2n) is 7.68. The second kappa shape index (κ2) is 10.3. The number of hydrogen-bond acceptors (Lipinski definition) is 5. The van der Waals surface area contributed by atoms with E-state index in [2.05, 4.69) is 25.4 Å². The summed E-state index contributed by atoms with van der Waals surface area (Å²) in [6.45, 7) is 6.19. The number of aromatic nitrogens is 2. The van der Waals surface area contributed by atoms with E-state index in [9.17, 15) is 8.42 Å². The number of aryl methyl sites for hydroxylation is 2. The summed E-state index contributed by atoms with van der Waals surface area (Å²) in [6, 6.07) is 6.84. The first kappa shape index (κ1) is 23.2. The Bertz CT molecular complexity index is 1010. The van der Waals surface area contributed by atoms with Crippen molar-refractivity contribution in [2.45, 2.75) is 50.8 Å². The maximum atomic E-state index is 12.5. The van der Waals surface area contributed by atoms with Gasteiger partial charge in [0, 0.05) is 51.6 Å². The largest absolute Gasteiger partial charge is 0.377 e. The third-order valence-electron chi connectivity index (χ3n) is 5.53. The molecule has 1 aromatic carbocycles. The predicted octanol–water partition coefficient (Wildman–Crippen LogP) is 1.36. The van der Waals surface area contributed by atoms with Crippen LogP contribution < -0.4 is 15.4 Å². The standard InChI is InChI=1S/C21H32N6O3S/c1-15-20(16(2)27(4)26-15)14-24-21(22-3)23-12-17-7-9-19(10-8-17)31(28,29)25-13-18-6-5-11-30-18/h7-10,18,25H,5-6,11-14H2,1-4H3,(H2,22,23,24). The molecule has 10 heteroatoms. The van der Waals surface area contributed by atoms with Gasteiger partial charge >= 0.3 is 0 Å². The van der Waals surface area contributed by atoms with Crippen molar-refractivity contribution in [1.29, 1.82) is 0 Å². The van der Waals surface area contributed by atoms with Crippen LogP contribution in [0.2, 0.25) is 0 Å². The molecule has 31 heavy (non-hydrogen) atoms. The summed E-state index contributed by atoms with van der Waals surface area (Å²) >= 11 is 0. The molecule has 0 saturated carbocycles. The Kier molecular flexibility index (Phi) is 7.69. The molecule has 9 nitrogen and oxygen atoms in total. The van der Waals surface area contributed by atoms with Crippen molar-refractivity contribution in [3.63, 3.8) is 0 Å². The van der Waals surface area contributed by atoms with Crippen LogP contribution in [0.5, 0.6) is 0 Å². The second-order valence-corrected chi connectivity index (χ2v) is 9.45. The normalized spacial score (nSPS) is 17.2. The molecule has 0 radical (unpaired) electrons. The van der Waals surface area contributed by atoms with Gasteiger partial charge in [-0.1, -0.05) is 12.1 Å². The summed E-state index contributed by atoms with van der Waals surface area (Å²) in [5.41, 5.74) is 4.21. The summed E-state index contributed by atoms with van der Waals surface area (Å²) < 4.78 is 34.9. The molecule has 1 saturated heterocycles. The van der Waals surface area contributed by atoms with Gasteiger partial charge in [-0.2, -0.15) is 5.10 Å². The molecule has 3 N–H and O–H groups in total. The van der Waals surface area contributed by atoms with E-state index in [0.29, 0.717) is 32.2 Å². The Morgan fingerprint density at radius 3 is 2.52 bits per heavy atom. The summed E-state index contributed by atoms with van der Waals surface area (Å²) in [5.74, 6) is 0.664. The Morgan fingerprint density at radius 2 is 1.94 bits per heavy atom. The van der Waals surface area contributed by atoms with E-state index >= 15 is 0 Å². The molecule has 1 fully saturated rings. The van der Waals surface area contributed by atoms with Gasteiger partial charge in [-0.05, 0) is 44.4 Å². The third-order valence-corrected chi connectivity index (χ3v) is 6.97. The Hall–Kier alpha value is -2.43. The lowest BCUT2D eigenvalue weighted by Crippen LogP contribution is -2.36. The van der Waals surface area contributed by atoms with Crippen molar-refractivity contribution in [3.8, 4) is 0 Å². The number of nitrogens with one attached hydrogen (secondary N) is 3. The van der Waals surface area contributed by atoms with E-state index in [-0.39, 0.29) is 11.0 Å². The number of hydrogen-bond donors (Lipinski definition) is 3. The van der Waals surface area contributed by atoms with Gasteiger partial charge in [0.25, 0.3) is 0 Å². The molecule has 170 valence electrons. The van der Waals surface area contributed by atoms with Crippen LogP contribution >= 0.6 is 0 Å². The summed E-state index contributed by atoms with van der Waals surface area (Å²) in [7, 11) is 0.107. The topological polar surface area (TPSA) is 110 Å². The number of ether oxygens (including phenoxy) is 1. The highest BCUT2D eigenvalue weighted by molar-refractivity contribution is 7.89. The number of rotatable bonds is 8. The van der Waals surface area contributed by atoms with Crippen molar-refractivity contribution in [3.05, 3.63) is 46.8 Å². The zero-order chi connectivity index (χ0) is 22.4. The first-order valence-electron chi connectivity index (χ1n) is 10.4. The first-order chi connectivity index (χ1) is 14.8. The third kappa shape index (κ3) is 6.05. The van der Waals surface area contributed by atoms with Crippen LogP contribution in [0.1, 0.15) is 35.4 Å². The lowest BCUT2D eigenvalue weighted by Gasteiger charge is -2.13. The molecule has 0 amide bonds. The number of benzene rings is 1. The molecule has 0 aliphatic carbocycles. The van der Waals surface area contributed by atoms with Gasteiger partial charge in [-0.3, -0.25) is 9.67 Å². The number of sulfonamides is 1. The minimum absolute atomic E-state index is 0.0308.